The molecule has 0 aliphatic rings. The van der Waals surface area contributed by atoms with Gasteiger partial charge in [-0.15, -0.1) is 0 Å². The molecule has 0 aliphatic carbocycles. The minimum atomic E-state index is 0.510. The molecule has 0 atom stereocenters. The first-order valence-electron chi connectivity index (χ1n) is 6.07. The fourth-order valence-electron chi connectivity index (χ4n) is 2.03. The minimum Gasteiger partial charge on any atom is -0.469 e. The summed E-state index contributed by atoms with van der Waals surface area (Å²) in [5, 5.41) is 0. The topological polar surface area (TPSA) is 69.9 Å². The van der Waals surface area contributed by atoms with E-state index in [0.717, 1.165) is 30.0 Å². The van der Waals surface area contributed by atoms with Crippen molar-refractivity contribution < 1.29 is 4.42 Å². The number of pyridine rings is 1. The van der Waals surface area contributed by atoms with Gasteiger partial charge in [-0.05, 0) is 24.3 Å². The average Bonchev–Trinajstić information content (AvgIpc) is 3.08. The maximum atomic E-state index is 5.71. The van der Waals surface area contributed by atoms with E-state index in [-0.39, 0.29) is 0 Å². The second kappa shape index (κ2) is 4.97. The molecule has 0 aromatic carbocycles. The van der Waals surface area contributed by atoms with Gasteiger partial charge in [-0.3, -0.25) is 0 Å². The van der Waals surface area contributed by atoms with Crippen molar-refractivity contribution in [1.82, 2.24) is 14.5 Å². The van der Waals surface area contributed by atoms with Crippen LogP contribution in [0, 0.1) is 0 Å². The van der Waals surface area contributed by atoms with Gasteiger partial charge in [0.2, 0.25) is 0 Å². The summed E-state index contributed by atoms with van der Waals surface area (Å²) in [4.78, 5) is 8.20. The lowest BCUT2D eigenvalue weighted by Gasteiger charge is -2.07. The molecule has 5 nitrogen and oxygen atoms in total. The Kier molecular flexibility index (Phi) is 3.02. The maximum Gasteiger partial charge on any atom is 0.123 e. The van der Waals surface area contributed by atoms with E-state index in [0.29, 0.717) is 5.82 Å². The minimum absolute atomic E-state index is 0.510. The summed E-state index contributed by atoms with van der Waals surface area (Å²) in [6.45, 7) is 0.811. The summed E-state index contributed by atoms with van der Waals surface area (Å²) in [5.74, 6) is 1.48. The van der Waals surface area contributed by atoms with Crippen molar-refractivity contribution in [1.29, 1.82) is 0 Å². The molecule has 0 bridgehead atoms. The Morgan fingerprint density at radius 2 is 2.26 bits per heavy atom. The lowest BCUT2D eigenvalue weighted by atomic mass is 10.2. The molecule has 19 heavy (non-hydrogen) atoms. The van der Waals surface area contributed by atoms with Crippen LogP contribution in [0.25, 0.3) is 11.3 Å². The van der Waals surface area contributed by atoms with Crippen molar-refractivity contribution in [3.63, 3.8) is 0 Å². The van der Waals surface area contributed by atoms with E-state index in [4.69, 9.17) is 10.2 Å². The highest BCUT2D eigenvalue weighted by Gasteiger charge is 2.06. The smallest absolute Gasteiger partial charge is 0.123 e. The van der Waals surface area contributed by atoms with Gasteiger partial charge in [-0.25, -0.2) is 9.97 Å². The Morgan fingerprint density at radius 1 is 1.32 bits per heavy atom. The number of imidazole rings is 1. The third kappa shape index (κ3) is 2.49. The van der Waals surface area contributed by atoms with E-state index in [2.05, 4.69) is 14.5 Å². The number of nitrogens with zero attached hydrogens (tertiary/aromatic N) is 3. The Morgan fingerprint density at radius 3 is 3.05 bits per heavy atom. The third-order valence-electron chi connectivity index (χ3n) is 2.97. The highest BCUT2D eigenvalue weighted by Crippen LogP contribution is 2.20. The van der Waals surface area contributed by atoms with Crippen LogP contribution in [0.3, 0.4) is 0 Å². The number of furan rings is 1. The number of aryl methyl sites for hydroxylation is 2. The van der Waals surface area contributed by atoms with Crippen LogP contribution < -0.4 is 5.73 Å². The van der Waals surface area contributed by atoms with Crippen molar-refractivity contribution in [2.75, 3.05) is 5.73 Å². The normalized spacial score (nSPS) is 10.7. The molecule has 3 aromatic rings. The summed E-state index contributed by atoms with van der Waals surface area (Å²) < 4.78 is 7.41. The van der Waals surface area contributed by atoms with Gasteiger partial charge in [0.05, 0.1) is 24.5 Å². The van der Waals surface area contributed by atoms with Crippen molar-refractivity contribution in [2.45, 2.75) is 13.0 Å². The lowest BCUT2D eigenvalue weighted by molar-refractivity contribution is 0.492. The van der Waals surface area contributed by atoms with E-state index in [9.17, 15) is 0 Å². The number of aromatic nitrogens is 3. The van der Waals surface area contributed by atoms with Crippen molar-refractivity contribution >= 4 is 5.82 Å². The third-order valence-corrected chi connectivity index (χ3v) is 2.97. The fraction of sp³-hybridized carbons (Fsp3) is 0.143. The van der Waals surface area contributed by atoms with Crippen LogP contribution in [0.4, 0.5) is 5.82 Å². The number of anilines is 1. The summed E-state index contributed by atoms with van der Waals surface area (Å²) in [7, 11) is 0. The van der Waals surface area contributed by atoms with E-state index in [1.54, 1.807) is 12.5 Å². The van der Waals surface area contributed by atoms with E-state index < -0.39 is 0 Å². The molecule has 0 spiro atoms. The second-order valence-electron chi connectivity index (χ2n) is 4.27. The van der Waals surface area contributed by atoms with Gasteiger partial charge in [0.1, 0.15) is 11.6 Å². The summed E-state index contributed by atoms with van der Waals surface area (Å²) in [5.41, 5.74) is 7.76. The molecule has 5 heteroatoms. The zero-order valence-electron chi connectivity index (χ0n) is 10.4. The standard InChI is InChI=1S/C14H14N4O/c15-14-8-11(3-5-17-14)13-9-16-10-18(13)6-4-12-2-1-7-19-12/h1-3,5,7-10H,4,6H2,(H2,15,17). The number of hydrogen-bond acceptors (Lipinski definition) is 4. The predicted molar refractivity (Wildman–Crippen MR) is 72.3 cm³/mol. The fourth-order valence-corrected chi connectivity index (χ4v) is 2.03. The number of hydrogen-bond donors (Lipinski definition) is 1. The van der Waals surface area contributed by atoms with Crippen LogP contribution in [-0.4, -0.2) is 14.5 Å². The molecule has 0 radical (unpaired) electrons. The quantitative estimate of drug-likeness (QED) is 0.776. The van der Waals surface area contributed by atoms with Gasteiger partial charge in [0, 0.05) is 24.7 Å². The van der Waals surface area contributed by atoms with Gasteiger partial charge in [0.25, 0.3) is 0 Å². The van der Waals surface area contributed by atoms with Gasteiger partial charge in [0.15, 0.2) is 0 Å². The molecular weight excluding hydrogens is 240 g/mol. The molecule has 2 N–H and O–H groups in total. The summed E-state index contributed by atoms with van der Waals surface area (Å²) in [6, 6.07) is 7.64. The van der Waals surface area contributed by atoms with Gasteiger partial charge >= 0.3 is 0 Å². The van der Waals surface area contributed by atoms with E-state index in [1.165, 1.54) is 0 Å². The molecule has 3 rings (SSSR count). The van der Waals surface area contributed by atoms with Crippen LogP contribution in [0.5, 0.6) is 0 Å². The molecule has 96 valence electrons. The van der Waals surface area contributed by atoms with Crippen LogP contribution in [0.2, 0.25) is 0 Å². The molecule has 0 saturated carbocycles. The Labute approximate surface area is 110 Å². The zero-order valence-corrected chi connectivity index (χ0v) is 10.4. The van der Waals surface area contributed by atoms with Gasteiger partial charge in [-0.1, -0.05) is 0 Å². The molecule has 0 fully saturated rings. The molecule has 0 amide bonds. The zero-order chi connectivity index (χ0) is 13.1. The highest BCUT2D eigenvalue weighted by molar-refractivity contribution is 5.61. The number of rotatable bonds is 4. The van der Waals surface area contributed by atoms with Crippen molar-refractivity contribution in [3.8, 4) is 11.3 Å². The summed E-state index contributed by atoms with van der Waals surface area (Å²) in [6.07, 6.45) is 7.87. The maximum absolute atomic E-state index is 5.71. The number of nitrogens with two attached hydrogens (primary N) is 1. The molecule has 0 saturated heterocycles. The van der Waals surface area contributed by atoms with Gasteiger partial charge < -0.3 is 14.7 Å². The Balaban J connectivity index is 1.82. The largest absolute Gasteiger partial charge is 0.469 e. The van der Waals surface area contributed by atoms with Crippen LogP contribution in [0.1, 0.15) is 5.76 Å². The van der Waals surface area contributed by atoms with Crippen LogP contribution in [0.15, 0.2) is 53.7 Å². The Hall–Kier alpha value is -2.56. The average molecular weight is 254 g/mol. The van der Waals surface area contributed by atoms with Crippen LogP contribution in [-0.2, 0) is 13.0 Å². The molecular formula is C14H14N4O. The summed E-state index contributed by atoms with van der Waals surface area (Å²) >= 11 is 0. The molecule has 0 aliphatic heterocycles. The number of nitrogen functional groups attached to an aromatic ring is 1. The van der Waals surface area contributed by atoms with Crippen LogP contribution >= 0.6 is 0 Å². The lowest BCUT2D eigenvalue weighted by Crippen LogP contribution is -2.01. The van der Waals surface area contributed by atoms with Gasteiger partial charge in [-0.2, -0.15) is 0 Å². The van der Waals surface area contributed by atoms with E-state index >= 15 is 0 Å². The Bertz CT molecular complexity index is 658. The first-order chi connectivity index (χ1) is 9.33. The van der Waals surface area contributed by atoms with Crippen molar-refractivity contribution in [3.05, 3.63) is 55.0 Å². The van der Waals surface area contributed by atoms with E-state index in [1.807, 2.05) is 36.8 Å². The predicted octanol–water partition coefficient (Wildman–Crippen LogP) is 2.36. The first kappa shape index (κ1) is 11.5. The molecule has 0 unspecified atom stereocenters. The SMILES string of the molecule is Nc1cc(-c2cncn2CCc2ccco2)ccn1. The van der Waals surface area contributed by atoms with Crippen molar-refractivity contribution in [2.24, 2.45) is 0 Å². The molecule has 3 heterocycles. The monoisotopic (exact) mass is 254 g/mol. The first-order valence-corrected chi connectivity index (χ1v) is 6.07. The molecule has 3 aromatic heterocycles. The second-order valence-corrected chi connectivity index (χ2v) is 4.27. The highest BCUT2D eigenvalue weighted by atomic mass is 16.3.